The molecule has 0 radical (unpaired) electrons. The third kappa shape index (κ3) is 2.42. The molecule has 2 unspecified atom stereocenters. The van der Waals surface area contributed by atoms with Crippen LogP contribution in [0.4, 0.5) is 5.00 Å². The maximum Gasteiger partial charge on any atom is 0.330 e. The molecular formula is C8H9NO6S. The van der Waals surface area contributed by atoms with Crippen molar-refractivity contribution in [2.24, 2.45) is 0 Å². The van der Waals surface area contributed by atoms with Gasteiger partial charge in [-0.1, -0.05) is 11.3 Å². The molecule has 0 saturated carbocycles. The minimum Gasteiger partial charge on any atom is -0.394 e. The number of aliphatic hydroxyl groups excluding tert-OH is 3. The van der Waals surface area contributed by atoms with Crippen molar-refractivity contribution in [3.63, 3.8) is 0 Å². The number of thiophene rings is 1. The second-order valence-electron chi connectivity index (χ2n) is 2.98. The lowest BCUT2D eigenvalue weighted by Crippen LogP contribution is -2.22. The summed E-state index contributed by atoms with van der Waals surface area (Å²) in [6.45, 7) is -0.732. The minimum atomic E-state index is -1.59. The van der Waals surface area contributed by atoms with Gasteiger partial charge in [-0.3, -0.25) is 14.9 Å². The van der Waals surface area contributed by atoms with E-state index in [1.165, 1.54) is 0 Å². The van der Waals surface area contributed by atoms with Crippen molar-refractivity contribution in [3.05, 3.63) is 26.6 Å². The number of rotatable bonds is 5. The zero-order chi connectivity index (χ0) is 12.3. The molecule has 0 fully saturated rings. The smallest absolute Gasteiger partial charge is 0.330 e. The third-order valence-electron chi connectivity index (χ3n) is 1.91. The molecule has 7 nitrogen and oxygen atoms in total. The van der Waals surface area contributed by atoms with Gasteiger partial charge < -0.3 is 15.3 Å². The second-order valence-corrected chi connectivity index (χ2v) is 4.04. The van der Waals surface area contributed by atoms with Crippen LogP contribution in [0.15, 0.2) is 6.07 Å². The van der Waals surface area contributed by atoms with Crippen molar-refractivity contribution in [2.45, 2.75) is 12.2 Å². The highest BCUT2D eigenvalue weighted by Crippen LogP contribution is 2.34. The fraction of sp³-hybridized carbons (Fsp3) is 0.375. The van der Waals surface area contributed by atoms with Crippen LogP contribution in [0.25, 0.3) is 0 Å². The highest BCUT2D eigenvalue weighted by atomic mass is 32.1. The van der Waals surface area contributed by atoms with E-state index in [1.54, 1.807) is 0 Å². The molecule has 0 aliphatic carbocycles. The van der Waals surface area contributed by atoms with Crippen LogP contribution >= 0.6 is 11.3 Å². The summed E-state index contributed by atoms with van der Waals surface area (Å²) in [5.74, 6) is 0. The molecule has 0 bridgehead atoms. The van der Waals surface area contributed by atoms with E-state index in [0.29, 0.717) is 17.6 Å². The standard InChI is InChI=1S/C8H9NO6S/c10-2-4-1-5(7(13)6(12)3-11)8(16-4)9(14)15/h1-2,6-7,11-13H,3H2. The maximum absolute atomic E-state index is 10.6. The van der Waals surface area contributed by atoms with Crippen molar-refractivity contribution in [3.8, 4) is 0 Å². The Labute approximate surface area is 93.7 Å². The largest absolute Gasteiger partial charge is 0.394 e. The zero-order valence-corrected chi connectivity index (χ0v) is 8.75. The number of aldehydes is 1. The van der Waals surface area contributed by atoms with Crippen LogP contribution in [-0.4, -0.2) is 39.2 Å². The average Bonchev–Trinajstić information content (AvgIpc) is 2.71. The summed E-state index contributed by atoms with van der Waals surface area (Å²) in [5.41, 5.74) is -0.168. The lowest BCUT2D eigenvalue weighted by Gasteiger charge is -2.13. The van der Waals surface area contributed by atoms with E-state index in [0.717, 1.165) is 6.07 Å². The van der Waals surface area contributed by atoms with E-state index in [-0.39, 0.29) is 10.4 Å². The molecular weight excluding hydrogens is 238 g/mol. The van der Waals surface area contributed by atoms with Crippen LogP contribution in [0.3, 0.4) is 0 Å². The molecule has 3 N–H and O–H groups in total. The van der Waals surface area contributed by atoms with E-state index in [9.17, 15) is 20.0 Å². The summed E-state index contributed by atoms with van der Waals surface area (Å²) in [6, 6.07) is 1.12. The monoisotopic (exact) mass is 247 g/mol. The van der Waals surface area contributed by atoms with E-state index in [2.05, 4.69) is 0 Å². The van der Waals surface area contributed by atoms with E-state index in [4.69, 9.17) is 10.2 Å². The molecule has 0 spiro atoms. The van der Waals surface area contributed by atoms with Gasteiger partial charge in [0.2, 0.25) is 0 Å². The molecule has 0 saturated heterocycles. The van der Waals surface area contributed by atoms with Gasteiger partial charge in [-0.2, -0.15) is 0 Å². The molecule has 0 aromatic carbocycles. The Morgan fingerprint density at radius 3 is 2.62 bits per heavy atom. The molecule has 1 rings (SSSR count). The molecule has 2 atom stereocenters. The van der Waals surface area contributed by atoms with E-state index in [1.807, 2.05) is 0 Å². The first kappa shape index (κ1) is 12.7. The van der Waals surface area contributed by atoms with Gasteiger partial charge in [-0.25, -0.2) is 0 Å². The maximum atomic E-state index is 10.6. The second kappa shape index (κ2) is 5.12. The molecule has 1 aromatic rings. The van der Waals surface area contributed by atoms with Gasteiger partial charge in [0.15, 0.2) is 6.29 Å². The fourth-order valence-corrected chi connectivity index (χ4v) is 1.96. The fourth-order valence-electron chi connectivity index (χ4n) is 1.13. The molecule has 16 heavy (non-hydrogen) atoms. The molecule has 1 aromatic heterocycles. The Balaban J connectivity index is 3.15. The minimum absolute atomic E-state index is 0.0749. The third-order valence-corrected chi connectivity index (χ3v) is 2.94. The predicted molar refractivity (Wildman–Crippen MR) is 54.4 cm³/mol. The highest BCUT2D eigenvalue weighted by Gasteiger charge is 2.28. The first-order chi connectivity index (χ1) is 7.51. The first-order valence-electron chi connectivity index (χ1n) is 4.21. The van der Waals surface area contributed by atoms with Crippen molar-refractivity contribution in [1.29, 1.82) is 0 Å². The number of nitro groups is 1. The summed E-state index contributed by atoms with van der Waals surface area (Å²) in [4.78, 5) is 20.4. The molecule has 0 aliphatic heterocycles. The van der Waals surface area contributed by atoms with Crippen molar-refractivity contribution in [1.82, 2.24) is 0 Å². The van der Waals surface area contributed by atoms with Crippen molar-refractivity contribution < 1.29 is 25.0 Å². The lowest BCUT2D eigenvalue weighted by atomic mass is 10.1. The number of hydrogen-bond donors (Lipinski definition) is 3. The Hall–Kier alpha value is -1.35. The molecule has 1 heterocycles. The topological polar surface area (TPSA) is 121 Å². The molecule has 0 amide bonds. The number of nitrogens with zero attached hydrogens (tertiary/aromatic N) is 1. The van der Waals surface area contributed by atoms with Gasteiger partial charge in [0.05, 0.1) is 22.0 Å². The van der Waals surface area contributed by atoms with Crippen LogP contribution in [0, 0.1) is 10.1 Å². The summed E-state index contributed by atoms with van der Waals surface area (Å²) >= 11 is 0.604. The highest BCUT2D eigenvalue weighted by molar-refractivity contribution is 7.17. The first-order valence-corrected chi connectivity index (χ1v) is 5.03. The van der Waals surface area contributed by atoms with Gasteiger partial charge >= 0.3 is 5.00 Å². The van der Waals surface area contributed by atoms with Gasteiger partial charge in [-0.15, -0.1) is 0 Å². The Morgan fingerprint density at radius 1 is 1.56 bits per heavy atom. The van der Waals surface area contributed by atoms with E-state index < -0.39 is 28.7 Å². The van der Waals surface area contributed by atoms with Crippen molar-refractivity contribution >= 4 is 22.6 Å². The number of carbonyl (C=O) groups excluding carboxylic acids is 1. The molecule has 8 heteroatoms. The number of aliphatic hydroxyl groups is 3. The summed E-state index contributed by atoms with van der Waals surface area (Å²) < 4.78 is 0. The quantitative estimate of drug-likeness (QED) is 0.378. The van der Waals surface area contributed by atoms with Crippen molar-refractivity contribution in [2.75, 3.05) is 6.61 Å². The summed E-state index contributed by atoms with van der Waals surface area (Å²) in [7, 11) is 0. The molecule has 88 valence electrons. The van der Waals surface area contributed by atoms with Gasteiger partial charge in [0, 0.05) is 0 Å². The van der Waals surface area contributed by atoms with Gasteiger partial charge in [-0.05, 0) is 6.07 Å². The SMILES string of the molecule is O=Cc1cc(C(O)C(O)CO)c([N+](=O)[O-])s1. The van der Waals surface area contributed by atoms with E-state index >= 15 is 0 Å². The lowest BCUT2D eigenvalue weighted by molar-refractivity contribution is -0.381. The Morgan fingerprint density at radius 2 is 2.19 bits per heavy atom. The molecule has 0 aliphatic rings. The normalized spacial score (nSPS) is 14.4. The number of hydrogen-bond acceptors (Lipinski definition) is 7. The average molecular weight is 247 g/mol. The van der Waals surface area contributed by atoms with Gasteiger partial charge in [0.25, 0.3) is 0 Å². The van der Waals surface area contributed by atoms with Crippen LogP contribution in [0.5, 0.6) is 0 Å². The van der Waals surface area contributed by atoms with Crippen LogP contribution in [0.1, 0.15) is 21.3 Å². The predicted octanol–water partition coefficient (Wildman–Crippen LogP) is -0.145. The van der Waals surface area contributed by atoms with Crippen LogP contribution in [-0.2, 0) is 0 Å². The Bertz CT molecular complexity index is 403. The summed E-state index contributed by atoms with van der Waals surface area (Å²) in [5, 5.41) is 37.5. The van der Waals surface area contributed by atoms with Gasteiger partial charge in [0.1, 0.15) is 12.2 Å². The van der Waals surface area contributed by atoms with Crippen LogP contribution in [0.2, 0.25) is 0 Å². The zero-order valence-electron chi connectivity index (χ0n) is 7.94. The summed E-state index contributed by atoms with van der Waals surface area (Å²) in [6.07, 6.45) is -2.69. The Kier molecular flexibility index (Phi) is 4.07. The van der Waals surface area contributed by atoms with Crippen LogP contribution < -0.4 is 0 Å². The number of carbonyl (C=O) groups is 1.